The summed E-state index contributed by atoms with van der Waals surface area (Å²) in [5.41, 5.74) is 3.03. The number of hydrogen-bond acceptors (Lipinski definition) is 8. The summed E-state index contributed by atoms with van der Waals surface area (Å²) in [5, 5.41) is 8.83. The van der Waals surface area contributed by atoms with E-state index in [-0.39, 0.29) is 5.95 Å². The molecule has 46 heavy (non-hydrogen) atoms. The summed E-state index contributed by atoms with van der Waals surface area (Å²) >= 11 is 0. The van der Waals surface area contributed by atoms with E-state index < -0.39 is 30.4 Å². The topological polar surface area (TPSA) is 71.6 Å². The predicted octanol–water partition coefficient (Wildman–Crippen LogP) is 6.47. The molecule has 0 bridgehead atoms. The van der Waals surface area contributed by atoms with E-state index in [0.29, 0.717) is 47.0 Å². The van der Waals surface area contributed by atoms with E-state index in [9.17, 15) is 22.0 Å². The Balaban J connectivity index is 1.20. The smallest absolute Gasteiger partial charge is 0.381 e. The zero-order chi connectivity index (χ0) is 32.4. The highest BCUT2D eigenvalue weighted by Crippen LogP contribution is 2.38. The fraction of sp³-hybridized carbons (Fsp3) is 0.455. The molecule has 13 heteroatoms. The number of anilines is 5. The van der Waals surface area contributed by atoms with E-state index in [1.54, 1.807) is 24.3 Å². The van der Waals surface area contributed by atoms with Crippen molar-refractivity contribution < 1.29 is 22.0 Å². The number of nitrogens with zero attached hydrogens (tertiary/aromatic N) is 5. The Hall–Kier alpha value is -3.97. The SMILES string of the molecule is C=C1NCc2cccc(Nc3nc(Nc4ccc(N5CCC(N6CCN(CC)CC6)CC5)cc4CC(F)F)ncc3C(F)(F)F)c21. The lowest BCUT2D eigenvalue weighted by atomic mass is 10.0. The largest absolute Gasteiger partial charge is 0.421 e. The van der Waals surface area contributed by atoms with Gasteiger partial charge in [-0.3, -0.25) is 4.90 Å². The fourth-order valence-electron chi connectivity index (χ4n) is 6.66. The van der Waals surface area contributed by atoms with Crippen LogP contribution in [0.3, 0.4) is 0 Å². The number of aromatic nitrogens is 2. The molecule has 1 aromatic heterocycles. The van der Waals surface area contributed by atoms with Crippen molar-refractivity contribution >= 4 is 34.5 Å². The lowest BCUT2D eigenvalue weighted by molar-refractivity contribution is -0.137. The minimum Gasteiger partial charge on any atom is -0.381 e. The van der Waals surface area contributed by atoms with Crippen LogP contribution >= 0.6 is 0 Å². The first kappa shape index (κ1) is 32.0. The van der Waals surface area contributed by atoms with E-state index in [1.807, 2.05) is 12.1 Å². The van der Waals surface area contributed by atoms with Gasteiger partial charge in [0.25, 0.3) is 0 Å². The molecule has 0 unspecified atom stereocenters. The van der Waals surface area contributed by atoms with Gasteiger partial charge in [-0.25, -0.2) is 13.8 Å². The number of likely N-dealkylation sites (N-methyl/N-ethyl adjacent to an activating group) is 1. The molecule has 3 aromatic rings. The van der Waals surface area contributed by atoms with E-state index in [4.69, 9.17) is 0 Å². The summed E-state index contributed by atoms with van der Waals surface area (Å²) in [6, 6.07) is 11.1. The van der Waals surface area contributed by atoms with Crippen molar-refractivity contribution in [3.63, 3.8) is 0 Å². The highest BCUT2D eigenvalue weighted by molar-refractivity contribution is 5.82. The lowest BCUT2D eigenvalue weighted by Gasteiger charge is -2.43. The van der Waals surface area contributed by atoms with Crippen LogP contribution in [0.1, 0.15) is 42.0 Å². The quantitative estimate of drug-likeness (QED) is 0.230. The Labute approximate surface area is 265 Å². The molecule has 6 rings (SSSR count). The number of alkyl halides is 5. The second-order valence-electron chi connectivity index (χ2n) is 12.0. The summed E-state index contributed by atoms with van der Waals surface area (Å²) in [5.74, 6) is -0.601. The van der Waals surface area contributed by atoms with Gasteiger partial charge in [-0.15, -0.1) is 0 Å². The molecule has 0 atom stereocenters. The maximum absolute atomic E-state index is 14.0. The molecule has 2 fully saturated rings. The van der Waals surface area contributed by atoms with Gasteiger partial charge in [-0.1, -0.05) is 25.6 Å². The Morgan fingerprint density at radius 3 is 2.46 bits per heavy atom. The van der Waals surface area contributed by atoms with Crippen LogP contribution in [0.2, 0.25) is 0 Å². The molecule has 0 amide bonds. The van der Waals surface area contributed by atoms with Crippen LogP contribution in [0, 0.1) is 0 Å². The molecule has 0 aliphatic carbocycles. The molecule has 0 saturated carbocycles. The number of halogens is 5. The summed E-state index contributed by atoms with van der Waals surface area (Å²) in [6.07, 6.45) is -5.17. The minimum atomic E-state index is -4.73. The molecule has 4 heterocycles. The highest BCUT2D eigenvalue weighted by atomic mass is 19.4. The standard InChI is InChI=1S/C33H39F5N8/c1-3-44-13-15-46(16-14-44)24-9-11-45(12-10-24)25-7-8-27(23(17-25)18-29(34)35)42-32-40-20-26(33(36,37)38)31(43-32)41-28-6-4-5-22-19-39-21(2)30(22)28/h4-8,17,20,24,29,39H,2-3,9-16,18-19H2,1H3,(H2,40,41,42,43). The number of rotatable bonds is 9. The Morgan fingerprint density at radius 1 is 1.00 bits per heavy atom. The average Bonchev–Trinajstić information content (AvgIpc) is 3.43. The van der Waals surface area contributed by atoms with Gasteiger partial charge in [0.15, 0.2) is 0 Å². The van der Waals surface area contributed by atoms with Crippen LogP contribution < -0.4 is 20.9 Å². The van der Waals surface area contributed by atoms with Crippen molar-refractivity contribution in [3.05, 3.63) is 71.4 Å². The van der Waals surface area contributed by atoms with Gasteiger partial charge < -0.3 is 25.8 Å². The predicted molar refractivity (Wildman–Crippen MR) is 171 cm³/mol. The van der Waals surface area contributed by atoms with Crippen molar-refractivity contribution in [1.29, 1.82) is 0 Å². The van der Waals surface area contributed by atoms with Crippen LogP contribution in [-0.4, -0.2) is 78.0 Å². The molecule has 0 spiro atoms. The third kappa shape index (κ3) is 7.05. The number of benzene rings is 2. The Kier molecular flexibility index (Phi) is 9.32. The molecular weight excluding hydrogens is 603 g/mol. The molecule has 8 nitrogen and oxygen atoms in total. The van der Waals surface area contributed by atoms with Crippen molar-refractivity contribution in [2.45, 2.75) is 51.4 Å². The second kappa shape index (κ2) is 13.4. The van der Waals surface area contributed by atoms with Gasteiger partial charge in [0.1, 0.15) is 11.4 Å². The van der Waals surface area contributed by atoms with Crippen molar-refractivity contribution in [2.75, 3.05) is 61.3 Å². The summed E-state index contributed by atoms with van der Waals surface area (Å²) in [4.78, 5) is 15.3. The van der Waals surface area contributed by atoms with Gasteiger partial charge in [-0.05, 0) is 54.8 Å². The molecule has 3 aliphatic heterocycles. The maximum Gasteiger partial charge on any atom is 0.421 e. The van der Waals surface area contributed by atoms with Gasteiger partial charge in [0, 0.05) is 92.8 Å². The molecule has 2 saturated heterocycles. The average molecular weight is 643 g/mol. The maximum atomic E-state index is 14.0. The van der Waals surface area contributed by atoms with Crippen LogP contribution in [0.25, 0.3) is 5.70 Å². The van der Waals surface area contributed by atoms with Gasteiger partial charge in [0.2, 0.25) is 12.4 Å². The number of fused-ring (bicyclic) bond motifs is 1. The number of piperidine rings is 1. The number of nitrogens with one attached hydrogen (secondary N) is 3. The Morgan fingerprint density at radius 2 is 1.76 bits per heavy atom. The summed E-state index contributed by atoms with van der Waals surface area (Å²) in [6.45, 7) is 13.7. The van der Waals surface area contributed by atoms with Crippen molar-refractivity contribution in [3.8, 4) is 0 Å². The van der Waals surface area contributed by atoms with E-state index in [1.165, 1.54) is 0 Å². The first-order chi connectivity index (χ1) is 22.1. The molecule has 2 aromatic carbocycles. The van der Waals surface area contributed by atoms with Gasteiger partial charge in [0.05, 0.1) is 0 Å². The molecule has 3 N–H and O–H groups in total. The Bertz CT molecular complexity index is 1550. The third-order valence-corrected chi connectivity index (χ3v) is 9.20. The van der Waals surface area contributed by atoms with Gasteiger partial charge in [-0.2, -0.15) is 18.2 Å². The molecular formula is C33H39F5N8. The summed E-state index contributed by atoms with van der Waals surface area (Å²) < 4.78 is 69.4. The second-order valence-corrected chi connectivity index (χ2v) is 12.0. The van der Waals surface area contributed by atoms with Crippen molar-refractivity contribution in [2.24, 2.45) is 0 Å². The number of piperazine rings is 1. The zero-order valence-electron chi connectivity index (χ0n) is 25.8. The minimum absolute atomic E-state index is 0.146. The highest BCUT2D eigenvalue weighted by Gasteiger charge is 2.36. The van der Waals surface area contributed by atoms with Crippen LogP contribution in [0.4, 0.5) is 50.8 Å². The normalized spacial score (nSPS) is 18.2. The van der Waals surface area contributed by atoms with Crippen molar-refractivity contribution in [1.82, 2.24) is 25.1 Å². The third-order valence-electron chi connectivity index (χ3n) is 9.20. The van der Waals surface area contributed by atoms with Crippen LogP contribution in [0.15, 0.2) is 49.2 Å². The number of hydrogen-bond donors (Lipinski definition) is 3. The van der Waals surface area contributed by atoms with Crippen LogP contribution in [0.5, 0.6) is 0 Å². The molecule has 3 aliphatic rings. The van der Waals surface area contributed by atoms with E-state index in [0.717, 1.165) is 69.9 Å². The first-order valence-electron chi connectivity index (χ1n) is 15.7. The summed E-state index contributed by atoms with van der Waals surface area (Å²) in [7, 11) is 0. The van der Waals surface area contributed by atoms with E-state index in [2.05, 4.69) is 54.1 Å². The van der Waals surface area contributed by atoms with Gasteiger partial charge >= 0.3 is 6.18 Å². The fourth-order valence-corrected chi connectivity index (χ4v) is 6.66. The monoisotopic (exact) mass is 642 g/mol. The molecule has 0 radical (unpaired) electrons. The first-order valence-corrected chi connectivity index (χ1v) is 15.7. The molecule has 246 valence electrons. The van der Waals surface area contributed by atoms with Crippen LogP contribution in [-0.2, 0) is 19.1 Å². The lowest BCUT2D eigenvalue weighted by Crippen LogP contribution is -2.53. The zero-order valence-corrected chi connectivity index (χ0v) is 25.8. The van der Waals surface area contributed by atoms with E-state index >= 15 is 0 Å².